The van der Waals surface area contributed by atoms with Gasteiger partial charge in [0.2, 0.25) is 16.0 Å². The third kappa shape index (κ3) is 5.40. The number of sulfonamides is 1. The Hall–Kier alpha value is -2.96. The van der Waals surface area contributed by atoms with E-state index in [4.69, 9.17) is 16.7 Å². The zero-order valence-corrected chi connectivity index (χ0v) is 17.2. The number of benzene rings is 2. The number of nitrogens with zero attached hydrogens (tertiary/aromatic N) is 2. The van der Waals surface area contributed by atoms with Gasteiger partial charge in [0.05, 0.1) is 21.7 Å². The van der Waals surface area contributed by atoms with E-state index in [1.165, 1.54) is 24.3 Å². The average molecular weight is 476 g/mol. The number of hydrogen-bond donors (Lipinski definition) is 3. The highest BCUT2D eigenvalue weighted by molar-refractivity contribution is 7.89. The van der Waals surface area contributed by atoms with Gasteiger partial charge in [-0.05, 0) is 42.8 Å². The summed E-state index contributed by atoms with van der Waals surface area (Å²) >= 11 is 5.58. The quantitative estimate of drug-likeness (QED) is 0.460. The molecule has 0 saturated heterocycles. The number of primary sulfonamides is 1. The molecule has 0 aliphatic rings. The highest BCUT2D eigenvalue weighted by atomic mass is 35.5. The average Bonchev–Trinajstić information content (AvgIpc) is 2.65. The third-order valence-electron chi connectivity index (χ3n) is 4.03. The highest BCUT2D eigenvalue weighted by Gasteiger charge is 2.33. The Morgan fingerprint density at radius 3 is 2.35 bits per heavy atom. The fourth-order valence-corrected chi connectivity index (χ4v) is 3.62. The van der Waals surface area contributed by atoms with E-state index in [2.05, 4.69) is 20.6 Å². The number of nitrogens with two attached hydrogens (primary N) is 1. The molecular weight excluding hydrogens is 462 g/mol. The fraction of sp³-hybridized carbons (Fsp3) is 0.111. The standard InChI is InChI=1S/C18H14ClF4N5O2S/c1-9-2-3-11(7-15(9)31(24,29)30)27-17-25-8-14(20)16(28-17)26-10-4-5-13(19)12(6-10)18(21,22)23/h2-8H,1H3,(H2,24,29,30)(H2,25,26,27,28). The van der Waals surface area contributed by atoms with Gasteiger partial charge in [0.1, 0.15) is 0 Å². The fourth-order valence-electron chi connectivity index (χ4n) is 2.59. The molecule has 0 amide bonds. The summed E-state index contributed by atoms with van der Waals surface area (Å²) < 4.78 is 76.5. The minimum Gasteiger partial charge on any atom is -0.338 e. The first-order valence-electron chi connectivity index (χ1n) is 8.41. The molecular formula is C18H14ClF4N5O2S. The molecule has 0 unspecified atom stereocenters. The number of rotatable bonds is 5. The van der Waals surface area contributed by atoms with Gasteiger partial charge >= 0.3 is 6.18 Å². The van der Waals surface area contributed by atoms with Crippen LogP contribution in [0.15, 0.2) is 47.5 Å². The summed E-state index contributed by atoms with van der Waals surface area (Å²) in [6.07, 6.45) is -3.90. The van der Waals surface area contributed by atoms with Gasteiger partial charge in [-0.3, -0.25) is 0 Å². The first kappa shape index (κ1) is 22.7. The van der Waals surface area contributed by atoms with E-state index in [9.17, 15) is 26.0 Å². The number of halogens is 5. The Kier molecular flexibility index (Phi) is 6.07. The van der Waals surface area contributed by atoms with E-state index in [1.807, 2.05) is 0 Å². The Bertz CT molecular complexity index is 1250. The molecule has 0 aliphatic heterocycles. The molecule has 0 saturated carbocycles. The Labute approximate surface area is 179 Å². The Morgan fingerprint density at radius 2 is 1.71 bits per heavy atom. The van der Waals surface area contributed by atoms with E-state index in [1.54, 1.807) is 6.92 Å². The normalized spacial score (nSPS) is 12.0. The number of nitrogens with one attached hydrogen (secondary N) is 2. The minimum absolute atomic E-state index is 0.105. The van der Waals surface area contributed by atoms with Crippen LogP contribution in [0, 0.1) is 12.7 Å². The molecule has 0 atom stereocenters. The van der Waals surface area contributed by atoms with Crippen molar-refractivity contribution in [3.8, 4) is 0 Å². The van der Waals surface area contributed by atoms with Gasteiger partial charge in [0.15, 0.2) is 11.6 Å². The lowest BCUT2D eigenvalue weighted by molar-refractivity contribution is -0.137. The molecule has 1 aromatic heterocycles. The first-order chi connectivity index (χ1) is 14.3. The van der Waals surface area contributed by atoms with Crippen LogP contribution >= 0.6 is 11.6 Å². The van der Waals surface area contributed by atoms with Gasteiger partial charge < -0.3 is 10.6 Å². The van der Waals surface area contributed by atoms with Crippen LogP contribution in [0.3, 0.4) is 0 Å². The van der Waals surface area contributed by atoms with Gasteiger partial charge in [0.25, 0.3) is 0 Å². The predicted molar refractivity (Wildman–Crippen MR) is 108 cm³/mol. The smallest absolute Gasteiger partial charge is 0.338 e. The molecule has 0 spiro atoms. The summed E-state index contributed by atoms with van der Waals surface area (Å²) in [6, 6.07) is 7.24. The molecule has 13 heteroatoms. The van der Waals surface area contributed by atoms with Gasteiger partial charge in [-0.25, -0.2) is 22.9 Å². The molecule has 1 heterocycles. The van der Waals surface area contributed by atoms with Crippen LogP contribution in [0.1, 0.15) is 11.1 Å². The highest BCUT2D eigenvalue weighted by Crippen LogP contribution is 2.36. The van der Waals surface area contributed by atoms with Crippen molar-refractivity contribution in [2.24, 2.45) is 5.14 Å². The predicted octanol–water partition coefficient (Wildman–Crippen LogP) is 4.73. The molecule has 0 radical (unpaired) electrons. The maximum atomic E-state index is 14.1. The zero-order valence-electron chi connectivity index (χ0n) is 15.6. The number of aryl methyl sites for hydroxylation is 1. The van der Waals surface area contributed by atoms with Gasteiger partial charge in [-0.1, -0.05) is 17.7 Å². The Morgan fingerprint density at radius 1 is 1.06 bits per heavy atom. The SMILES string of the molecule is Cc1ccc(Nc2ncc(F)c(Nc3ccc(Cl)c(C(F)(F)F)c3)n2)cc1S(N)(=O)=O. The van der Waals surface area contributed by atoms with Gasteiger partial charge in [-0.2, -0.15) is 18.2 Å². The third-order valence-corrected chi connectivity index (χ3v) is 5.41. The van der Waals surface area contributed by atoms with Crippen molar-refractivity contribution in [3.05, 3.63) is 64.6 Å². The molecule has 3 aromatic rings. The van der Waals surface area contributed by atoms with E-state index in [0.717, 1.165) is 18.3 Å². The maximum Gasteiger partial charge on any atom is 0.417 e. The van der Waals surface area contributed by atoms with Crippen LogP contribution in [0.2, 0.25) is 5.02 Å². The van der Waals surface area contributed by atoms with Crippen LogP contribution in [-0.2, 0) is 16.2 Å². The summed E-state index contributed by atoms with van der Waals surface area (Å²) in [7, 11) is -3.98. The van der Waals surface area contributed by atoms with Crippen LogP contribution in [0.5, 0.6) is 0 Å². The summed E-state index contributed by atoms with van der Waals surface area (Å²) in [5.41, 5.74) is -0.536. The van der Waals surface area contributed by atoms with Crippen molar-refractivity contribution < 1.29 is 26.0 Å². The zero-order chi connectivity index (χ0) is 23.0. The van der Waals surface area contributed by atoms with Gasteiger partial charge in [0, 0.05) is 11.4 Å². The molecule has 0 aliphatic carbocycles. The lowest BCUT2D eigenvalue weighted by Crippen LogP contribution is -2.14. The second kappa shape index (κ2) is 8.29. The topological polar surface area (TPSA) is 110 Å². The first-order valence-corrected chi connectivity index (χ1v) is 10.3. The van der Waals surface area contributed by atoms with Crippen LogP contribution < -0.4 is 15.8 Å². The lowest BCUT2D eigenvalue weighted by atomic mass is 10.2. The summed E-state index contributed by atoms with van der Waals surface area (Å²) in [4.78, 5) is 7.50. The van der Waals surface area contributed by atoms with Crippen molar-refractivity contribution in [2.45, 2.75) is 18.0 Å². The van der Waals surface area contributed by atoms with Crippen molar-refractivity contribution in [3.63, 3.8) is 0 Å². The second-order valence-electron chi connectivity index (χ2n) is 6.36. The van der Waals surface area contributed by atoms with Crippen molar-refractivity contribution >= 4 is 44.8 Å². The van der Waals surface area contributed by atoms with E-state index < -0.39 is 38.4 Å². The van der Waals surface area contributed by atoms with Crippen LogP contribution in [0.25, 0.3) is 0 Å². The summed E-state index contributed by atoms with van der Waals surface area (Å²) in [5.74, 6) is -1.48. The number of alkyl halides is 3. The second-order valence-corrected chi connectivity index (χ2v) is 8.29. The molecule has 0 bridgehead atoms. The summed E-state index contributed by atoms with van der Waals surface area (Å²) in [5, 5.41) is 9.80. The summed E-state index contributed by atoms with van der Waals surface area (Å²) in [6.45, 7) is 1.56. The molecule has 31 heavy (non-hydrogen) atoms. The lowest BCUT2D eigenvalue weighted by Gasteiger charge is -2.13. The van der Waals surface area contributed by atoms with Crippen LogP contribution in [0.4, 0.5) is 40.7 Å². The molecule has 3 rings (SSSR count). The number of anilines is 4. The van der Waals surface area contributed by atoms with Crippen molar-refractivity contribution in [1.82, 2.24) is 9.97 Å². The van der Waals surface area contributed by atoms with E-state index >= 15 is 0 Å². The molecule has 4 N–H and O–H groups in total. The molecule has 7 nitrogen and oxygen atoms in total. The van der Waals surface area contributed by atoms with E-state index in [0.29, 0.717) is 5.56 Å². The van der Waals surface area contributed by atoms with E-state index in [-0.39, 0.29) is 22.2 Å². The van der Waals surface area contributed by atoms with Crippen molar-refractivity contribution in [1.29, 1.82) is 0 Å². The Balaban J connectivity index is 1.90. The molecule has 0 fully saturated rings. The maximum absolute atomic E-state index is 14.1. The molecule has 2 aromatic carbocycles. The van der Waals surface area contributed by atoms with Crippen molar-refractivity contribution in [2.75, 3.05) is 10.6 Å². The monoisotopic (exact) mass is 475 g/mol. The van der Waals surface area contributed by atoms with Crippen LogP contribution in [-0.4, -0.2) is 18.4 Å². The number of hydrogen-bond acceptors (Lipinski definition) is 6. The minimum atomic E-state index is -4.70. The number of aromatic nitrogens is 2. The largest absolute Gasteiger partial charge is 0.417 e. The van der Waals surface area contributed by atoms with Gasteiger partial charge in [-0.15, -0.1) is 0 Å². The molecule has 164 valence electrons.